The lowest BCUT2D eigenvalue weighted by atomic mass is 10.1. The third-order valence-electron chi connectivity index (χ3n) is 3.71. The van der Waals surface area contributed by atoms with Gasteiger partial charge < -0.3 is 20.9 Å². The molecular weight excluding hydrogens is 266 g/mol. The predicted octanol–water partition coefficient (Wildman–Crippen LogP) is 1.39. The number of rotatable bonds is 4. The van der Waals surface area contributed by atoms with Crippen molar-refractivity contribution in [3.63, 3.8) is 0 Å². The van der Waals surface area contributed by atoms with E-state index in [0.29, 0.717) is 23.5 Å². The van der Waals surface area contributed by atoms with Gasteiger partial charge in [0.1, 0.15) is 5.82 Å². The van der Waals surface area contributed by atoms with Gasteiger partial charge in [-0.25, -0.2) is 4.98 Å². The molecule has 21 heavy (non-hydrogen) atoms. The Hall–Kier alpha value is -2.50. The van der Waals surface area contributed by atoms with E-state index in [1.54, 1.807) is 24.4 Å². The predicted molar refractivity (Wildman–Crippen MR) is 81.4 cm³/mol. The largest absolute Gasteiger partial charge is 0.399 e. The van der Waals surface area contributed by atoms with Crippen LogP contribution in [0.4, 0.5) is 11.4 Å². The van der Waals surface area contributed by atoms with Gasteiger partial charge in [-0.2, -0.15) is 0 Å². The summed E-state index contributed by atoms with van der Waals surface area (Å²) in [6, 6.07) is 5.28. The molecule has 0 bridgehead atoms. The molecule has 0 spiro atoms. The van der Waals surface area contributed by atoms with E-state index in [2.05, 4.69) is 4.98 Å². The normalized spacial score (nSPS) is 14.1. The van der Waals surface area contributed by atoms with Crippen molar-refractivity contribution in [2.45, 2.75) is 25.4 Å². The van der Waals surface area contributed by atoms with Crippen LogP contribution in [0.5, 0.6) is 0 Å². The number of benzene rings is 1. The Labute approximate surface area is 123 Å². The fraction of sp³-hybridized carbons (Fsp3) is 0.333. The summed E-state index contributed by atoms with van der Waals surface area (Å²) in [7, 11) is 1.93. The summed E-state index contributed by atoms with van der Waals surface area (Å²) in [4.78, 5) is 18.9. The number of amides is 1. The third-order valence-corrected chi connectivity index (χ3v) is 3.71. The number of hydrogen-bond donors (Lipinski definition) is 2. The van der Waals surface area contributed by atoms with Crippen LogP contribution in [-0.4, -0.2) is 26.4 Å². The van der Waals surface area contributed by atoms with Gasteiger partial charge in [0, 0.05) is 42.4 Å². The van der Waals surface area contributed by atoms with Crippen molar-refractivity contribution in [3.05, 3.63) is 42.0 Å². The molecule has 2 aromatic rings. The SMILES string of the molecule is Cn1ccnc1CN(C(=O)c1cc(N)cc(N)c1)C1CC1. The number of anilines is 2. The summed E-state index contributed by atoms with van der Waals surface area (Å²) in [5.41, 5.74) is 13.1. The average molecular weight is 285 g/mol. The number of carbonyl (C=O) groups is 1. The Morgan fingerprint density at radius 1 is 1.33 bits per heavy atom. The number of aryl methyl sites for hydroxylation is 1. The van der Waals surface area contributed by atoms with Gasteiger partial charge in [-0.3, -0.25) is 4.79 Å². The lowest BCUT2D eigenvalue weighted by Crippen LogP contribution is -2.33. The molecule has 3 rings (SSSR count). The van der Waals surface area contributed by atoms with Crippen LogP contribution in [0.1, 0.15) is 29.0 Å². The zero-order chi connectivity index (χ0) is 15.0. The van der Waals surface area contributed by atoms with E-state index in [1.165, 1.54) is 0 Å². The second kappa shape index (κ2) is 5.12. The first-order valence-electron chi connectivity index (χ1n) is 6.98. The first-order valence-corrected chi connectivity index (χ1v) is 6.98. The molecule has 0 atom stereocenters. The molecule has 1 saturated carbocycles. The highest BCUT2D eigenvalue weighted by atomic mass is 16.2. The first kappa shape index (κ1) is 13.5. The Balaban J connectivity index is 1.86. The number of carbonyl (C=O) groups excluding carboxylic acids is 1. The van der Waals surface area contributed by atoms with Crippen molar-refractivity contribution >= 4 is 17.3 Å². The van der Waals surface area contributed by atoms with Crippen LogP contribution in [0.2, 0.25) is 0 Å². The number of nitrogens with zero attached hydrogens (tertiary/aromatic N) is 3. The number of aromatic nitrogens is 2. The minimum absolute atomic E-state index is 0.0421. The fourth-order valence-electron chi connectivity index (χ4n) is 2.42. The molecule has 110 valence electrons. The fourth-order valence-corrected chi connectivity index (χ4v) is 2.42. The minimum atomic E-state index is -0.0421. The molecule has 6 heteroatoms. The summed E-state index contributed by atoms with van der Waals surface area (Å²) < 4.78 is 1.93. The van der Waals surface area contributed by atoms with Crippen molar-refractivity contribution in [2.24, 2.45) is 7.05 Å². The van der Waals surface area contributed by atoms with Gasteiger partial charge in [0.2, 0.25) is 0 Å². The number of nitrogen functional groups attached to an aromatic ring is 2. The van der Waals surface area contributed by atoms with Gasteiger partial charge in [-0.05, 0) is 31.0 Å². The highest BCUT2D eigenvalue weighted by Crippen LogP contribution is 2.30. The maximum absolute atomic E-state index is 12.7. The monoisotopic (exact) mass is 285 g/mol. The first-order chi connectivity index (χ1) is 10.0. The van der Waals surface area contributed by atoms with Crippen molar-refractivity contribution < 1.29 is 4.79 Å². The van der Waals surface area contributed by atoms with E-state index in [9.17, 15) is 4.79 Å². The second-order valence-corrected chi connectivity index (χ2v) is 5.51. The molecule has 0 saturated heterocycles. The molecule has 1 heterocycles. The topological polar surface area (TPSA) is 90.2 Å². The van der Waals surface area contributed by atoms with E-state index >= 15 is 0 Å². The summed E-state index contributed by atoms with van der Waals surface area (Å²) in [6.07, 6.45) is 5.69. The van der Waals surface area contributed by atoms with Gasteiger partial charge in [0.05, 0.1) is 6.54 Å². The average Bonchev–Trinajstić information content (AvgIpc) is 3.18. The Kier molecular flexibility index (Phi) is 3.29. The van der Waals surface area contributed by atoms with E-state index in [-0.39, 0.29) is 11.9 Å². The van der Waals surface area contributed by atoms with Gasteiger partial charge in [0.15, 0.2) is 0 Å². The van der Waals surface area contributed by atoms with Crippen molar-refractivity contribution in [3.8, 4) is 0 Å². The zero-order valence-corrected chi connectivity index (χ0v) is 12.0. The molecule has 1 aromatic heterocycles. The van der Waals surface area contributed by atoms with Gasteiger partial charge in [0.25, 0.3) is 5.91 Å². The summed E-state index contributed by atoms with van der Waals surface area (Å²) in [5.74, 6) is 0.826. The molecule has 1 amide bonds. The van der Waals surface area contributed by atoms with Crippen LogP contribution in [-0.2, 0) is 13.6 Å². The van der Waals surface area contributed by atoms with Gasteiger partial charge in [-0.1, -0.05) is 0 Å². The highest BCUT2D eigenvalue weighted by Gasteiger charge is 2.33. The number of imidazole rings is 1. The summed E-state index contributed by atoms with van der Waals surface area (Å²) in [6.45, 7) is 0.502. The van der Waals surface area contributed by atoms with E-state index in [4.69, 9.17) is 11.5 Å². The minimum Gasteiger partial charge on any atom is -0.399 e. The van der Waals surface area contributed by atoms with Gasteiger partial charge in [-0.15, -0.1) is 0 Å². The molecule has 4 N–H and O–H groups in total. The highest BCUT2D eigenvalue weighted by molar-refractivity contribution is 5.96. The lowest BCUT2D eigenvalue weighted by molar-refractivity contribution is 0.0724. The number of hydrogen-bond acceptors (Lipinski definition) is 4. The molecule has 6 nitrogen and oxygen atoms in total. The molecule has 1 aliphatic carbocycles. The van der Waals surface area contributed by atoms with Crippen LogP contribution in [0.3, 0.4) is 0 Å². The van der Waals surface area contributed by atoms with Crippen LogP contribution >= 0.6 is 0 Å². The Bertz CT molecular complexity index is 654. The third kappa shape index (κ3) is 2.84. The molecule has 1 fully saturated rings. The maximum atomic E-state index is 12.7. The quantitative estimate of drug-likeness (QED) is 0.831. The van der Waals surface area contributed by atoms with Crippen LogP contribution in [0, 0.1) is 0 Å². The molecule has 0 aliphatic heterocycles. The maximum Gasteiger partial charge on any atom is 0.254 e. The molecule has 0 radical (unpaired) electrons. The van der Waals surface area contributed by atoms with Crippen LogP contribution in [0.15, 0.2) is 30.6 Å². The van der Waals surface area contributed by atoms with E-state index in [0.717, 1.165) is 18.7 Å². The van der Waals surface area contributed by atoms with Crippen LogP contribution in [0.25, 0.3) is 0 Å². The number of nitrogens with two attached hydrogens (primary N) is 2. The molecule has 1 aromatic carbocycles. The second-order valence-electron chi connectivity index (χ2n) is 5.51. The Morgan fingerprint density at radius 2 is 2.00 bits per heavy atom. The standard InChI is InChI=1S/C15H19N5O/c1-19-5-4-18-14(19)9-20(13-2-3-13)15(21)10-6-11(16)8-12(17)7-10/h4-8,13H,2-3,9,16-17H2,1H3. The summed E-state index contributed by atoms with van der Waals surface area (Å²) in [5, 5.41) is 0. The van der Waals surface area contributed by atoms with Crippen molar-refractivity contribution in [2.75, 3.05) is 11.5 Å². The van der Waals surface area contributed by atoms with Crippen molar-refractivity contribution in [1.29, 1.82) is 0 Å². The smallest absolute Gasteiger partial charge is 0.254 e. The zero-order valence-electron chi connectivity index (χ0n) is 12.0. The lowest BCUT2D eigenvalue weighted by Gasteiger charge is -2.22. The van der Waals surface area contributed by atoms with E-state index < -0.39 is 0 Å². The molecular formula is C15H19N5O. The molecule has 0 unspecified atom stereocenters. The van der Waals surface area contributed by atoms with Crippen LogP contribution < -0.4 is 11.5 Å². The van der Waals surface area contributed by atoms with Gasteiger partial charge >= 0.3 is 0 Å². The van der Waals surface area contributed by atoms with Crippen molar-refractivity contribution in [1.82, 2.24) is 14.5 Å². The van der Waals surface area contributed by atoms with E-state index in [1.807, 2.05) is 22.7 Å². The summed E-state index contributed by atoms with van der Waals surface area (Å²) >= 11 is 0. The molecule has 1 aliphatic rings. The Morgan fingerprint density at radius 3 is 2.52 bits per heavy atom.